The van der Waals surface area contributed by atoms with Crippen LogP contribution >= 0.6 is 11.6 Å². The number of nitrogens with zero attached hydrogens (tertiary/aromatic N) is 3. The number of rotatable bonds is 2. The summed E-state index contributed by atoms with van der Waals surface area (Å²) in [5.41, 5.74) is 3.62. The fourth-order valence-electron chi connectivity index (χ4n) is 2.67. The minimum absolute atomic E-state index is 0.225. The molecule has 0 spiro atoms. The van der Waals surface area contributed by atoms with E-state index in [2.05, 4.69) is 9.97 Å². The lowest BCUT2D eigenvalue weighted by molar-refractivity contribution is 0.475. The first kappa shape index (κ1) is 13.8. The standard InChI is InChI=1S/C18H12ClN3O/c19-17-16-15(12-6-8-14(23)9-7-12)10-22(18(16)21-11-20-17)13-4-2-1-3-5-13/h1-11,23H. The van der Waals surface area contributed by atoms with Crippen LogP contribution in [-0.2, 0) is 0 Å². The third-order valence-electron chi connectivity index (χ3n) is 3.75. The summed E-state index contributed by atoms with van der Waals surface area (Å²) in [7, 11) is 0. The predicted molar refractivity (Wildman–Crippen MR) is 91.0 cm³/mol. The van der Waals surface area contributed by atoms with Crippen molar-refractivity contribution in [2.24, 2.45) is 0 Å². The van der Waals surface area contributed by atoms with Gasteiger partial charge in [0.2, 0.25) is 0 Å². The Morgan fingerprint density at radius 3 is 2.39 bits per heavy atom. The number of phenolic OH excluding ortho intramolecular Hbond substituents is 1. The highest BCUT2D eigenvalue weighted by atomic mass is 35.5. The molecule has 4 aromatic rings. The molecule has 0 bridgehead atoms. The summed E-state index contributed by atoms with van der Waals surface area (Å²) in [5, 5.41) is 10.7. The molecule has 0 aliphatic heterocycles. The Balaban J connectivity index is 2.04. The summed E-state index contributed by atoms with van der Waals surface area (Å²) in [5.74, 6) is 0.225. The summed E-state index contributed by atoms with van der Waals surface area (Å²) in [6.45, 7) is 0. The number of hydrogen-bond acceptors (Lipinski definition) is 3. The van der Waals surface area contributed by atoms with Gasteiger partial charge >= 0.3 is 0 Å². The maximum absolute atomic E-state index is 9.50. The SMILES string of the molecule is Oc1ccc(-c2cn(-c3ccccc3)c3ncnc(Cl)c23)cc1. The summed E-state index contributed by atoms with van der Waals surface area (Å²) >= 11 is 6.33. The van der Waals surface area contributed by atoms with E-state index in [0.717, 1.165) is 27.8 Å². The lowest BCUT2D eigenvalue weighted by Gasteiger charge is -2.03. The number of para-hydroxylation sites is 1. The van der Waals surface area contributed by atoms with Crippen molar-refractivity contribution in [3.05, 3.63) is 72.3 Å². The minimum Gasteiger partial charge on any atom is -0.508 e. The van der Waals surface area contributed by atoms with Crippen LogP contribution in [0.5, 0.6) is 5.75 Å². The molecule has 2 aromatic carbocycles. The molecule has 1 N–H and O–H groups in total. The zero-order valence-corrected chi connectivity index (χ0v) is 12.8. The van der Waals surface area contributed by atoms with Crippen molar-refractivity contribution in [1.29, 1.82) is 0 Å². The third-order valence-corrected chi connectivity index (χ3v) is 4.04. The van der Waals surface area contributed by atoms with Crippen LogP contribution in [0, 0.1) is 0 Å². The van der Waals surface area contributed by atoms with Gasteiger partial charge in [-0.2, -0.15) is 0 Å². The van der Waals surface area contributed by atoms with Gasteiger partial charge < -0.3 is 9.67 Å². The van der Waals surface area contributed by atoms with Crippen molar-refractivity contribution in [2.45, 2.75) is 0 Å². The van der Waals surface area contributed by atoms with Crippen molar-refractivity contribution in [2.75, 3.05) is 0 Å². The molecule has 2 heterocycles. The summed E-state index contributed by atoms with van der Waals surface area (Å²) in [4.78, 5) is 8.51. The van der Waals surface area contributed by atoms with Gasteiger partial charge in [0.25, 0.3) is 0 Å². The first-order valence-electron chi connectivity index (χ1n) is 7.10. The lowest BCUT2D eigenvalue weighted by Crippen LogP contribution is -1.93. The Kier molecular flexibility index (Phi) is 3.24. The molecule has 0 aliphatic carbocycles. The van der Waals surface area contributed by atoms with Gasteiger partial charge in [-0.3, -0.25) is 0 Å². The maximum Gasteiger partial charge on any atom is 0.150 e. The number of fused-ring (bicyclic) bond motifs is 1. The summed E-state index contributed by atoms with van der Waals surface area (Å²) in [6.07, 6.45) is 3.46. The molecule has 23 heavy (non-hydrogen) atoms. The Morgan fingerprint density at radius 1 is 0.913 bits per heavy atom. The van der Waals surface area contributed by atoms with Gasteiger partial charge in [0.15, 0.2) is 0 Å². The molecule has 4 rings (SSSR count). The second-order valence-corrected chi connectivity index (χ2v) is 5.52. The highest BCUT2D eigenvalue weighted by Crippen LogP contribution is 2.35. The molecule has 0 saturated heterocycles. The number of hydrogen-bond donors (Lipinski definition) is 1. The van der Waals surface area contributed by atoms with E-state index in [9.17, 15) is 5.11 Å². The normalized spacial score (nSPS) is 11.0. The number of halogens is 1. The third kappa shape index (κ3) is 2.33. The number of benzene rings is 2. The molecule has 0 unspecified atom stereocenters. The number of phenols is 1. The van der Waals surface area contributed by atoms with E-state index in [1.165, 1.54) is 6.33 Å². The van der Waals surface area contributed by atoms with Crippen LogP contribution in [0.4, 0.5) is 0 Å². The Morgan fingerprint density at radius 2 is 1.65 bits per heavy atom. The van der Waals surface area contributed by atoms with Crippen LogP contribution in [0.15, 0.2) is 67.1 Å². The van der Waals surface area contributed by atoms with Crippen molar-refractivity contribution in [1.82, 2.24) is 14.5 Å². The van der Waals surface area contributed by atoms with E-state index < -0.39 is 0 Å². The molecule has 0 saturated carbocycles. The monoisotopic (exact) mass is 321 g/mol. The van der Waals surface area contributed by atoms with Crippen molar-refractivity contribution in [3.63, 3.8) is 0 Å². The van der Waals surface area contributed by atoms with Crippen molar-refractivity contribution in [3.8, 4) is 22.6 Å². The molecule has 2 aromatic heterocycles. The first-order chi connectivity index (χ1) is 11.2. The quantitative estimate of drug-likeness (QED) is 0.555. The van der Waals surface area contributed by atoms with Crippen LogP contribution < -0.4 is 0 Å². The number of aromatic nitrogens is 3. The Hall–Kier alpha value is -2.85. The lowest BCUT2D eigenvalue weighted by atomic mass is 10.1. The molecular formula is C18H12ClN3O. The molecule has 0 aliphatic rings. The van der Waals surface area contributed by atoms with Crippen LogP contribution in [-0.4, -0.2) is 19.6 Å². The largest absolute Gasteiger partial charge is 0.508 e. The molecule has 0 radical (unpaired) electrons. The maximum atomic E-state index is 9.50. The highest BCUT2D eigenvalue weighted by Gasteiger charge is 2.16. The van der Waals surface area contributed by atoms with E-state index >= 15 is 0 Å². The van der Waals surface area contributed by atoms with E-state index in [0.29, 0.717) is 5.15 Å². The van der Waals surface area contributed by atoms with Crippen molar-refractivity contribution >= 4 is 22.6 Å². The molecule has 5 heteroatoms. The average Bonchev–Trinajstić information content (AvgIpc) is 2.97. The van der Waals surface area contributed by atoms with Crippen molar-refractivity contribution < 1.29 is 5.11 Å². The number of aromatic hydroxyl groups is 1. The van der Waals surface area contributed by atoms with Crippen LogP contribution in [0.2, 0.25) is 5.15 Å². The molecule has 0 fully saturated rings. The second-order valence-electron chi connectivity index (χ2n) is 5.16. The van der Waals surface area contributed by atoms with Gasteiger partial charge in [0, 0.05) is 17.4 Å². The fourth-order valence-corrected chi connectivity index (χ4v) is 2.90. The minimum atomic E-state index is 0.225. The second kappa shape index (κ2) is 5.41. The summed E-state index contributed by atoms with van der Waals surface area (Å²) < 4.78 is 1.99. The van der Waals surface area contributed by atoms with E-state index in [1.54, 1.807) is 12.1 Å². The van der Waals surface area contributed by atoms with Gasteiger partial charge in [0.05, 0.1) is 5.39 Å². The first-order valence-corrected chi connectivity index (χ1v) is 7.48. The van der Waals surface area contributed by atoms with Crippen LogP contribution in [0.1, 0.15) is 0 Å². The molecule has 112 valence electrons. The van der Waals surface area contributed by atoms with Gasteiger partial charge in [-0.15, -0.1) is 0 Å². The molecule has 0 amide bonds. The van der Waals surface area contributed by atoms with Gasteiger partial charge in [-0.05, 0) is 29.8 Å². The molecule has 4 nitrogen and oxygen atoms in total. The topological polar surface area (TPSA) is 50.9 Å². The smallest absolute Gasteiger partial charge is 0.150 e. The van der Waals surface area contributed by atoms with E-state index in [1.807, 2.05) is 53.2 Å². The van der Waals surface area contributed by atoms with Gasteiger partial charge in [-0.25, -0.2) is 9.97 Å². The Bertz CT molecular complexity index is 979. The molecular weight excluding hydrogens is 310 g/mol. The van der Waals surface area contributed by atoms with Gasteiger partial charge in [-0.1, -0.05) is 41.9 Å². The predicted octanol–water partition coefficient (Wildman–Crippen LogP) is 4.45. The van der Waals surface area contributed by atoms with Gasteiger partial charge in [0.1, 0.15) is 22.9 Å². The summed E-state index contributed by atoms with van der Waals surface area (Å²) in [6, 6.07) is 16.9. The molecule has 0 atom stereocenters. The zero-order chi connectivity index (χ0) is 15.8. The van der Waals surface area contributed by atoms with E-state index in [4.69, 9.17) is 11.6 Å². The average molecular weight is 322 g/mol. The zero-order valence-electron chi connectivity index (χ0n) is 12.0. The van der Waals surface area contributed by atoms with Crippen LogP contribution in [0.25, 0.3) is 27.8 Å². The highest BCUT2D eigenvalue weighted by molar-refractivity contribution is 6.35. The Labute approximate surface area is 137 Å². The van der Waals surface area contributed by atoms with E-state index in [-0.39, 0.29) is 5.75 Å². The fraction of sp³-hybridized carbons (Fsp3) is 0. The van der Waals surface area contributed by atoms with Crippen LogP contribution in [0.3, 0.4) is 0 Å².